The van der Waals surface area contributed by atoms with Gasteiger partial charge in [0.1, 0.15) is 17.3 Å². The molecule has 0 unspecified atom stereocenters. The summed E-state index contributed by atoms with van der Waals surface area (Å²) < 4.78 is 50.4. The first-order valence-corrected chi connectivity index (χ1v) is 15.8. The summed E-state index contributed by atoms with van der Waals surface area (Å²) in [6, 6.07) is 19.1. The van der Waals surface area contributed by atoms with Crippen LogP contribution in [0.25, 0.3) is 33.3 Å². The standard InChI is InChI=1S/C31H30ClFN6O3S/c1-18(2)39-30-24(19-7-10-22(11-8-19)36-23-15-42-16-23)14-35-31(34)28(30)29(37-39)20-9-12-27(26(33)13-20)38-43(40,41)17-21-5-3-4-6-25(21)32/h3-14,18,23,36,38H,15-17H2,1-2H3,(H2,34,35). The Morgan fingerprint density at radius 1 is 1.09 bits per heavy atom. The molecule has 12 heteroatoms. The van der Waals surface area contributed by atoms with E-state index in [2.05, 4.69) is 15.0 Å². The van der Waals surface area contributed by atoms with Gasteiger partial charge in [0.15, 0.2) is 0 Å². The van der Waals surface area contributed by atoms with Crippen molar-refractivity contribution >= 4 is 49.7 Å². The molecule has 1 fully saturated rings. The quantitative estimate of drug-likeness (QED) is 0.172. The van der Waals surface area contributed by atoms with Crippen LogP contribution in [0, 0.1) is 5.82 Å². The average Bonchev–Trinajstić information content (AvgIpc) is 3.36. The number of pyridine rings is 1. The maximum absolute atomic E-state index is 15.4. The Labute approximate surface area is 253 Å². The highest BCUT2D eigenvalue weighted by Crippen LogP contribution is 2.39. The van der Waals surface area contributed by atoms with E-state index in [9.17, 15) is 8.42 Å². The number of rotatable bonds is 9. The Morgan fingerprint density at radius 3 is 2.47 bits per heavy atom. The summed E-state index contributed by atoms with van der Waals surface area (Å²) in [6.45, 7) is 5.39. The maximum Gasteiger partial charge on any atom is 0.237 e. The zero-order valence-corrected chi connectivity index (χ0v) is 25.1. The molecule has 9 nitrogen and oxygen atoms in total. The van der Waals surface area contributed by atoms with Gasteiger partial charge in [-0.1, -0.05) is 48.0 Å². The van der Waals surface area contributed by atoms with Gasteiger partial charge in [-0.05, 0) is 55.3 Å². The molecule has 3 heterocycles. The fraction of sp³-hybridized carbons (Fsp3) is 0.226. The van der Waals surface area contributed by atoms with Crippen LogP contribution in [0.1, 0.15) is 25.5 Å². The Balaban J connectivity index is 1.35. The van der Waals surface area contributed by atoms with E-state index < -0.39 is 21.6 Å². The van der Waals surface area contributed by atoms with Gasteiger partial charge >= 0.3 is 0 Å². The molecule has 6 rings (SSSR count). The predicted octanol–water partition coefficient (Wildman–Crippen LogP) is 6.47. The Bertz CT molecular complexity index is 1920. The number of aromatic nitrogens is 3. The SMILES string of the molecule is CC(C)n1nc(-c2ccc(NS(=O)(=O)Cc3ccccc3Cl)c(F)c2)c2c(N)ncc(-c3ccc(NC4COC4)cc3)c21. The summed E-state index contributed by atoms with van der Waals surface area (Å²) in [5.74, 6) is -0.891. The highest BCUT2D eigenvalue weighted by Gasteiger charge is 2.23. The van der Waals surface area contributed by atoms with Crippen molar-refractivity contribution in [2.75, 3.05) is 29.0 Å². The van der Waals surface area contributed by atoms with E-state index in [0.717, 1.165) is 22.3 Å². The van der Waals surface area contributed by atoms with Crippen LogP contribution < -0.4 is 15.8 Å². The molecule has 0 saturated carbocycles. The molecule has 0 aliphatic carbocycles. The van der Waals surface area contributed by atoms with E-state index in [1.807, 2.05) is 42.8 Å². The Morgan fingerprint density at radius 2 is 1.81 bits per heavy atom. The summed E-state index contributed by atoms with van der Waals surface area (Å²) in [4.78, 5) is 4.47. The van der Waals surface area contributed by atoms with Crippen LogP contribution >= 0.6 is 11.6 Å². The van der Waals surface area contributed by atoms with Crippen LogP contribution in [0.15, 0.2) is 72.9 Å². The van der Waals surface area contributed by atoms with Crippen molar-refractivity contribution < 1.29 is 17.5 Å². The molecule has 2 aromatic heterocycles. The van der Waals surface area contributed by atoms with Gasteiger partial charge in [-0.2, -0.15) is 5.10 Å². The number of nitrogens with two attached hydrogens (primary N) is 1. The van der Waals surface area contributed by atoms with Crippen molar-refractivity contribution in [2.45, 2.75) is 31.7 Å². The first-order chi connectivity index (χ1) is 20.6. The van der Waals surface area contributed by atoms with Crippen molar-refractivity contribution in [1.82, 2.24) is 14.8 Å². The van der Waals surface area contributed by atoms with E-state index in [0.29, 0.717) is 46.5 Å². The third kappa shape index (κ3) is 5.88. The number of hydrogen-bond acceptors (Lipinski definition) is 7. The zero-order valence-electron chi connectivity index (χ0n) is 23.5. The van der Waals surface area contributed by atoms with Gasteiger partial charge in [-0.15, -0.1) is 0 Å². The van der Waals surface area contributed by atoms with E-state index in [-0.39, 0.29) is 17.5 Å². The molecule has 0 radical (unpaired) electrons. The highest BCUT2D eigenvalue weighted by atomic mass is 35.5. The lowest BCUT2D eigenvalue weighted by atomic mass is 10.0. The monoisotopic (exact) mass is 620 g/mol. The molecule has 0 spiro atoms. The number of sulfonamides is 1. The van der Waals surface area contributed by atoms with Crippen molar-refractivity contribution in [1.29, 1.82) is 0 Å². The van der Waals surface area contributed by atoms with Gasteiger partial charge < -0.3 is 15.8 Å². The number of nitrogen functional groups attached to an aromatic ring is 1. The average molecular weight is 621 g/mol. The minimum atomic E-state index is -3.94. The number of anilines is 3. The van der Waals surface area contributed by atoms with Gasteiger partial charge in [0, 0.05) is 34.1 Å². The van der Waals surface area contributed by atoms with Crippen LogP contribution in [0.3, 0.4) is 0 Å². The molecule has 0 amide bonds. The third-order valence-corrected chi connectivity index (χ3v) is 8.85. The number of nitrogens with one attached hydrogen (secondary N) is 2. The molecule has 4 N–H and O–H groups in total. The second kappa shape index (κ2) is 11.5. The maximum atomic E-state index is 15.4. The number of ether oxygens (including phenoxy) is 1. The first-order valence-electron chi connectivity index (χ1n) is 13.7. The molecule has 1 saturated heterocycles. The van der Waals surface area contributed by atoms with Crippen LogP contribution in [0.4, 0.5) is 21.6 Å². The minimum Gasteiger partial charge on any atom is -0.383 e. The van der Waals surface area contributed by atoms with Gasteiger partial charge in [-0.25, -0.2) is 17.8 Å². The molecule has 0 atom stereocenters. The van der Waals surface area contributed by atoms with Crippen molar-refractivity contribution in [2.24, 2.45) is 0 Å². The Kier molecular flexibility index (Phi) is 7.72. The predicted molar refractivity (Wildman–Crippen MR) is 169 cm³/mol. The van der Waals surface area contributed by atoms with Gasteiger partial charge in [-0.3, -0.25) is 9.40 Å². The third-order valence-electron chi connectivity index (χ3n) is 7.26. The number of nitrogens with zero attached hydrogens (tertiary/aromatic N) is 3. The van der Waals surface area contributed by atoms with Gasteiger partial charge in [0.25, 0.3) is 0 Å². The van der Waals surface area contributed by atoms with Crippen molar-refractivity contribution in [3.05, 3.63) is 89.3 Å². The van der Waals surface area contributed by atoms with E-state index in [4.69, 9.17) is 27.2 Å². The largest absolute Gasteiger partial charge is 0.383 e. The minimum absolute atomic E-state index is 0.0444. The second-order valence-electron chi connectivity index (χ2n) is 10.8. The summed E-state index contributed by atoms with van der Waals surface area (Å²) in [5.41, 5.74) is 11.0. The smallest absolute Gasteiger partial charge is 0.237 e. The van der Waals surface area contributed by atoms with Crippen LogP contribution in [-0.4, -0.2) is 42.4 Å². The second-order valence-corrected chi connectivity index (χ2v) is 12.9. The number of halogens is 2. The van der Waals surface area contributed by atoms with Crippen molar-refractivity contribution in [3.8, 4) is 22.4 Å². The lowest BCUT2D eigenvalue weighted by Crippen LogP contribution is -2.40. The molecule has 5 aromatic rings. The van der Waals surface area contributed by atoms with Crippen LogP contribution in [-0.2, 0) is 20.5 Å². The highest BCUT2D eigenvalue weighted by molar-refractivity contribution is 7.91. The topological polar surface area (TPSA) is 124 Å². The zero-order chi connectivity index (χ0) is 30.3. The molecule has 43 heavy (non-hydrogen) atoms. The van der Waals surface area contributed by atoms with Crippen LogP contribution in [0.5, 0.6) is 0 Å². The van der Waals surface area contributed by atoms with E-state index >= 15 is 4.39 Å². The van der Waals surface area contributed by atoms with Gasteiger partial charge in [0.05, 0.1) is 41.6 Å². The lowest BCUT2D eigenvalue weighted by molar-refractivity contribution is 0.0211. The molecule has 3 aromatic carbocycles. The van der Waals surface area contributed by atoms with E-state index in [1.54, 1.807) is 36.5 Å². The fourth-order valence-electron chi connectivity index (χ4n) is 5.05. The molecular weight excluding hydrogens is 591 g/mol. The molecule has 0 bridgehead atoms. The van der Waals surface area contributed by atoms with Crippen LogP contribution in [0.2, 0.25) is 5.02 Å². The Hall–Kier alpha value is -4.19. The molecule has 1 aliphatic heterocycles. The van der Waals surface area contributed by atoms with E-state index in [1.165, 1.54) is 12.1 Å². The van der Waals surface area contributed by atoms with Crippen molar-refractivity contribution in [3.63, 3.8) is 0 Å². The molecule has 222 valence electrons. The van der Waals surface area contributed by atoms with Gasteiger partial charge in [0.2, 0.25) is 10.0 Å². The summed E-state index contributed by atoms with van der Waals surface area (Å²) >= 11 is 6.12. The summed E-state index contributed by atoms with van der Waals surface area (Å²) in [6.07, 6.45) is 1.72. The number of hydrogen-bond donors (Lipinski definition) is 3. The molecule has 1 aliphatic rings. The first kappa shape index (κ1) is 28.9. The number of fused-ring (bicyclic) bond motifs is 1. The summed E-state index contributed by atoms with van der Waals surface area (Å²) in [7, 11) is -3.94. The normalized spacial score (nSPS) is 13.8. The number of benzene rings is 3. The molecular formula is C31H30ClFN6O3S. The summed E-state index contributed by atoms with van der Waals surface area (Å²) in [5, 5.41) is 9.18. The lowest BCUT2D eigenvalue weighted by Gasteiger charge is -2.27. The fourth-order valence-corrected chi connectivity index (χ4v) is 6.57.